The minimum absolute atomic E-state index is 0.576. The van der Waals surface area contributed by atoms with Crippen molar-refractivity contribution in [2.24, 2.45) is 5.92 Å². The lowest BCUT2D eigenvalue weighted by Crippen LogP contribution is -2.38. The SMILES string of the molecule is CC(Cc1ccccc1)NCC1CCN(C)CC1. The number of rotatable bonds is 5. The Bertz CT molecular complexity index is 328. The van der Waals surface area contributed by atoms with Crippen LogP contribution in [0.2, 0.25) is 0 Å². The second-order valence-electron chi connectivity index (χ2n) is 5.75. The zero-order valence-corrected chi connectivity index (χ0v) is 11.7. The van der Waals surface area contributed by atoms with Gasteiger partial charge < -0.3 is 10.2 Å². The van der Waals surface area contributed by atoms with E-state index in [-0.39, 0.29) is 0 Å². The predicted octanol–water partition coefficient (Wildman–Crippen LogP) is 2.55. The summed E-state index contributed by atoms with van der Waals surface area (Å²) >= 11 is 0. The van der Waals surface area contributed by atoms with Gasteiger partial charge in [-0.25, -0.2) is 0 Å². The Morgan fingerprint density at radius 3 is 2.56 bits per heavy atom. The molecule has 100 valence electrons. The highest BCUT2D eigenvalue weighted by Crippen LogP contribution is 2.15. The van der Waals surface area contributed by atoms with Crippen LogP contribution in [-0.2, 0) is 6.42 Å². The van der Waals surface area contributed by atoms with E-state index in [4.69, 9.17) is 0 Å². The Balaban J connectivity index is 1.67. The van der Waals surface area contributed by atoms with Crippen LogP contribution in [0.4, 0.5) is 0 Å². The van der Waals surface area contributed by atoms with Gasteiger partial charge >= 0.3 is 0 Å². The number of nitrogens with one attached hydrogen (secondary N) is 1. The molecule has 0 bridgehead atoms. The van der Waals surface area contributed by atoms with Crippen LogP contribution in [0.5, 0.6) is 0 Å². The number of hydrogen-bond donors (Lipinski definition) is 1. The Labute approximate surface area is 111 Å². The molecular formula is C16H26N2. The van der Waals surface area contributed by atoms with Gasteiger partial charge in [-0.3, -0.25) is 0 Å². The molecule has 2 rings (SSSR count). The molecule has 0 radical (unpaired) electrons. The van der Waals surface area contributed by atoms with Gasteiger partial charge in [0.2, 0.25) is 0 Å². The summed E-state index contributed by atoms with van der Waals surface area (Å²) in [6.07, 6.45) is 3.83. The van der Waals surface area contributed by atoms with Crippen LogP contribution in [0.15, 0.2) is 30.3 Å². The lowest BCUT2D eigenvalue weighted by molar-refractivity contribution is 0.213. The van der Waals surface area contributed by atoms with Crippen LogP contribution >= 0.6 is 0 Å². The highest BCUT2D eigenvalue weighted by molar-refractivity contribution is 5.15. The first kappa shape index (κ1) is 13.6. The second-order valence-corrected chi connectivity index (χ2v) is 5.75. The minimum Gasteiger partial charge on any atom is -0.314 e. The maximum Gasteiger partial charge on any atom is 0.00792 e. The number of likely N-dealkylation sites (tertiary alicyclic amines) is 1. The summed E-state index contributed by atoms with van der Waals surface area (Å²) in [5, 5.41) is 3.70. The van der Waals surface area contributed by atoms with Crippen molar-refractivity contribution in [3.05, 3.63) is 35.9 Å². The number of piperidine rings is 1. The first-order chi connectivity index (χ1) is 8.74. The lowest BCUT2D eigenvalue weighted by atomic mass is 9.96. The van der Waals surface area contributed by atoms with Gasteiger partial charge in [-0.15, -0.1) is 0 Å². The summed E-state index contributed by atoms with van der Waals surface area (Å²) in [5.74, 6) is 0.874. The molecule has 0 saturated carbocycles. The van der Waals surface area contributed by atoms with E-state index in [9.17, 15) is 0 Å². The zero-order valence-electron chi connectivity index (χ0n) is 11.7. The summed E-state index contributed by atoms with van der Waals surface area (Å²) in [6.45, 7) is 6.00. The molecule has 2 nitrogen and oxygen atoms in total. The molecule has 2 heteroatoms. The van der Waals surface area contributed by atoms with E-state index in [1.807, 2.05) is 0 Å². The van der Waals surface area contributed by atoms with Gasteiger partial charge in [0, 0.05) is 6.04 Å². The molecule has 0 amide bonds. The van der Waals surface area contributed by atoms with Gasteiger partial charge in [-0.2, -0.15) is 0 Å². The van der Waals surface area contributed by atoms with Crippen LogP contribution in [-0.4, -0.2) is 37.6 Å². The third kappa shape index (κ3) is 4.43. The topological polar surface area (TPSA) is 15.3 Å². The normalized spacial score (nSPS) is 19.9. The standard InChI is InChI=1S/C16H26N2/c1-14(12-15-6-4-3-5-7-15)17-13-16-8-10-18(2)11-9-16/h3-7,14,16-17H,8-13H2,1-2H3. The average Bonchev–Trinajstić information content (AvgIpc) is 2.39. The minimum atomic E-state index is 0.576. The summed E-state index contributed by atoms with van der Waals surface area (Å²) in [4.78, 5) is 2.43. The van der Waals surface area contributed by atoms with Crippen molar-refractivity contribution >= 4 is 0 Å². The summed E-state index contributed by atoms with van der Waals surface area (Å²) in [5.41, 5.74) is 1.43. The average molecular weight is 246 g/mol. The van der Waals surface area contributed by atoms with Crippen LogP contribution in [0.3, 0.4) is 0 Å². The Morgan fingerprint density at radius 1 is 1.22 bits per heavy atom. The molecule has 1 aliphatic heterocycles. The molecule has 1 aromatic rings. The molecular weight excluding hydrogens is 220 g/mol. The molecule has 1 aliphatic rings. The van der Waals surface area contributed by atoms with E-state index in [0.717, 1.165) is 12.3 Å². The van der Waals surface area contributed by atoms with Crippen molar-refractivity contribution in [1.29, 1.82) is 0 Å². The molecule has 1 fully saturated rings. The first-order valence-corrected chi connectivity index (χ1v) is 7.20. The fourth-order valence-corrected chi connectivity index (χ4v) is 2.67. The van der Waals surface area contributed by atoms with Crippen molar-refractivity contribution < 1.29 is 0 Å². The second kappa shape index (κ2) is 6.91. The first-order valence-electron chi connectivity index (χ1n) is 7.20. The fraction of sp³-hybridized carbons (Fsp3) is 0.625. The van der Waals surface area contributed by atoms with Crippen molar-refractivity contribution in [3.63, 3.8) is 0 Å². The molecule has 1 saturated heterocycles. The van der Waals surface area contributed by atoms with Crippen molar-refractivity contribution in [1.82, 2.24) is 10.2 Å². The third-order valence-electron chi connectivity index (χ3n) is 3.98. The number of nitrogens with zero attached hydrogens (tertiary/aromatic N) is 1. The largest absolute Gasteiger partial charge is 0.314 e. The van der Waals surface area contributed by atoms with Gasteiger partial charge in [0.25, 0.3) is 0 Å². The van der Waals surface area contributed by atoms with Gasteiger partial charge in [-0.05, 0) is 64.3 Å². The molecule has 0 spiro atoms. The van der Waals surface area contributed by atoms with E-state index in [2.05, 4.69) is 54.5 Å². The molecule has 1 unspecified atom stereocenters. The highest BCUT2D eigenvalue weighted by Gasteiger charge is 2.16. The monoisotopic (exact) mass is 246 g/mol. The van der Waals surface area contributed by atoms with Crippen molar-refractivity contribution in [2.45, 2.75) is 32.2 Å². The Morgan fingerprint density at radius 2 is 1.89 bits per heavy atom. The number of benzene rings is 1. The lowest BCUT2D eigenvalue weighted by Gasteiger charge is -2.30. The fourth-order valence-electron chi connectivity index (χ4n) is 2.67. The van der Waals surface area contributed by atoms with E-state index in [1.54, 1.807) is 0 Å². The smallest absolute Gasteiger partial charge is 0.00792 e. The van der Waals surface area contributed by atoms with Gasteiger partial charge in [0.15, 0.2) is 0 Å². The van der Waals surface area contributed by atoms with Crippen LogP contribution in [0, 0.1) is 5.92 Å². The molecule has 1 heterocycles. The molecule has 1 aromatic carbocycles. The Kier molecular flexibility index (Phi) is 5.21. The summed E-state index contributed by atoms with van der Waals surface area (Å²) in [6, 6.07) is 11.3. The zero-order chi connectivity index (χ0) is 12.8. The van der Waals surface area contributed by atoms with Crippen molar-refractivity contribution in [3.8, 4) is 0 Å². The highest BCUT2D eigenvalue weighted by atomic mass is 15.1. The van der Waals surface area contributed by atoms with Gasteiger partial charge in [-0.1, -0.05) is 30.3 Å². The Hall–Kier alpha value is -0.860. The van der Waals surface area contributed by atoms with Crippen molar-refractivity contribution in [2.75, 3.05) is 26.7 Å². The molecule has 0 aliphatic carbocycles. The van der Waals surface area contributed by atoms with Crippen LogP contribution in [0.1, 0.15) is 25.3 Å². The molecule has 0 aromatic heterocycles. The quantitative estimate of drug-likeness (QED) is 0.859. The van der Waals surface area contributed by atoms with Crippen LogP contribution < -0.4 is 5.32 Å². The maximum atomic E-state index is 3.70. The summed E-state index contributed by atoms with van der Waals surface area (Å²) < 4.78 is 0. The molecule has 1 N–H and O–H groups in total. The van der Waals surface area contributed by atoms with Gasteiger partial charge in [0.05, 0.1) is 0 Å². The molecule has 18 heavy (non-hydrogen) atoms. The van der Waals surface area contributed by atoms with Gasteiger partial charge in [0.1, 0.15) is 0 Å². The summed E-state index contributed by atoms with van der Waals surface area (Å²) in [7, 11) is 2.22. The predicted molar refractivity (Wildman–Crippen MR) is 77.8 cm³/mol. The molecule has 1 atom stereocenters. The van der Waals surface area contributed by atoms with Crippen LogP contribution in [0.25, 0.3) is 0 Å². The van der Waals surface area contributed by atoms with E-state index in [1.165, 1.54) is 38.0 Å². The number of hydrogen-bond acceptors (Lipinski definition) is 2. The van der Waals surface area contributed by atoms with E-state index < -0.39 is 0 Å². The van der Waals surface area contributed by atoms with E-state index in [0.29, 0.717) is 6.04 Å². The van der Waals surface area contributed by atoms with E-state index >= 15 is 0 Å². The third-order valence-corrected chi connectivity index (χ3v) is 3.98. The maximum absolute atomic E-state index is 3.70.